The van der Waals surface area contributed by atoms with E-state index in [-0.39, 0.29) is 18.1 Å². The van der Waals surface area contributed by atoms with Crippen molar-refractivity contribution in [2.75, 3.05) is 12.3 Å². The molecular formula is C18H30N4O7S. The molecule has 1 heterocycles. The van der Waals surface area contributed by atoms with Crippen molar-refractivity contribution in [1.82, 2.24) is 15.5 Å². The van der Waals surface area contributed by atoms with Gasteiger partial charge in [-0.2, -0.15) is 12.6 Å². The number of amides is 3. The first-order valence-electron chi connectivity index (χ1n) is 9.70. The molecule has 1 aliphatic heterocycles. The normalized spacial score (nSPS) is 19.1. The van der Waals surface area contributed by atoms with E-state index in [4.69, 9.17) is 15.9 Å². The third-order valence-corrected chi connectivity index (χ3v) is 5.08. The molecule has 12 heteroatoms. The number of carboxylic acids is 2. The Kier molecular flexibility index (Phi) is 10.1. The number of carboxylic acid groups (broad SMARTS) is 2. The summed E-state index contributed by atoms with van der Waals surface area (Å²) in [4.78, 5) is 61.2. The maximum Gasteiger partial charge on any atom is 0.326 e. The van der Waals surface area contributed by atoms with Crippen molar-refractivity contribution in [1.29, 1.82) is 0 Å². The van der Waals surface area contributed by atoms with Gasteiger partial charge in [-0.3, -0.25) is 19.2 Å². The molecule has 170 valence electrons. The fourth-order valence-electron chi connectivity index (χ4n) is 3.21. The van der Waals surface area contributed by atoms with Crippen molar-refractivity contribution in [3.63, 3.8) is 0 Å². The highest BCUT2D eigenvalue weighted by Crippen LogP contribution is 2.19. The van der Waals surface area contributed by atoms with Gasteiger partial charge in [0.2, 0.25) is 17.7 Å². The summed E-state index contributed by atoms with van der Waals surface area (Å²) in [5, 5.41) is 22.7. The van der Waals surface area contributed by atoms with E-state index in [1.165, 1.54) is 4.90 Å². The van der Waals surface area contributed by atoms with E-state index in [0.717, 1.165) is 0 Å². The quantitative estimate of drug-likeness (QED) is 0.214. The van der Waals surface area contributed by atoms with Crippen LogP contribution in [0.15, 0.2) is 0 Å². The zero-order valence-electron chi connectivity index (χ0n) is 17.0. The van der Waals surface area contributed by atoms with Gasteiger partial charge >= 0.3 is 11.9 Å². The van der Waals surface area contributed by atoms with Crippen LogP contribution in [0.1, 0.15) is 39.5 Å². The number of thiol groups is 1. The molecule has 3 amide bonds. The standard InChI is InChI=1S/C18H30N4O7S/c1-9(2)6-11(15(25)21-12(18(28)29)7-14(23)24)20-16(26)13-4-3-5-22(13)17(27)10(19)8-30/h9-13,30H,3-8,19H2,1-2H3,(H,20,26)(H,21,25)(H,23,24)(H,28,29). The third kappa shape index (κ3) is 7.48. The number of hydrogen-bond acceptors (Lipinski definition) is 7. The first kappa shape index (κ1) is 25.7. The van der Waals surface area contributed by atoms with Crippen LogP contribution in [-0.2, 0) is 24.0 Å². The van der Waals surface area contributed by atoms with Crippen LogP contribution in [0.2, 0.25) is 0 Å². The molecule has 0 radical (unpaired) electrons. The van der Waals surface area contributed by atoms with Crippen LogP contribution in [0.5, 0.6) is 0 Å². The van der Waals surface area contributed by atoms with Gasteiger partial charge in [-0.1, -0.05) is 13.8 Å². The van der Waals surface area contributed by atoms with Crippen LogP contribution in [0.25, 0.3) is 0 Å². The highest BCUT2D eigenvalue weighted by molar-refractivity contribution is 7.80. The average Bonchev–Trinajstić information content (AvgIpc) is 3.14. The Morgan fingerprint density at radius 2 is 1.77 bits per heavy atom. The summed E-state index contributed by atoms with van der Waals surface area (Å²) in [6.45, 7) is 3.99. The van der Waals surface area contributed by atoms with Crippen LogP contribution in [0.3, 0.4) is 0 Å². The zero-order chi connectivity index (χ0) is 23.0. The Labute approximate surface area is 180 Å². The minimum Gasteiger partial charge on any atom is -0.481 e. The van der Waals surface area contributed by atoms with E-state index in [1.807, 2.05) is 13.8 Å². The lowest BCUT2D eigenvalue weighted by molar-refractivity contribution is -0.147. The number of carbonyl (C=O) groups is 5. The smallest absolute Gasteiger partial charge is 0.326 e. The lowest BCUT2D eigenvalue weighted by atomic mass is 10.0. The summed E-state index contributed by atoms with van der Waals surface area (Å²) < 4.78 is 0. The van der Waals surface area contributed by atoms with Crippen molar-refractivity contribution in [2.45, 2.75) is 63.7 Å². The SMILES string of the molecule is CC(C)CC(NC(=O)C1CCCN1C(=O)C(N)CS)C(=O)NC(CC(=O)O)C(=O)O. The maximum atomic E-state index is 12.8. The molecule has 11 nitrogen and oxygen atoms in total. The van der Waals surface area contributed by atoms with Gasteiger partial charge in [-0.15, -0.1) is 0 Å². The molecule has 30 heavy (non-hydrogen) atoms. The van der Waals surface area contributed by atoms with Gasteiger partial charge in [-0.25, -0.2) is 4.79 Å². The van der Waals surface area contributed by atoms with Gasteiger partial charge in [0.05, 0.1) is 12.5 Å². The van der Waals surface area contributed by atoms with E-state index in [2.05, 4.69) is 23.3 Å². The predicted molar refractivity (Wildman–Crippen MR) is 110 cm³/mol. The summed E-state index contributed by atoms with van der Waals surface area (Å²) in [6.07, 6.45) is 0.414. The number of rotatable bonds is 11. The Hall–Kier alpha value is -2.34. The number of nitrogens with zero attached hydrogens (tertiary/aromatic N) is 1. The van der Waals surface area contributed by atoms with Crippen molar-refractivity contribution in [3.8, 4) is 0 Å². The van der Waals surface area contributed by atoms with Gasteiger partial charge in [-0.05, 0) is 25.2 Å². The van der Waals surface area contributed by atoms with Gasteiger partial charge in [0.25, 0.3) is 0 Å². The van der Waals surface area contributed by atoms with Crippen LogP contribution < -0.4 is 16.4 Å². The van der Waals surface area contributed by atoms with Gasteiger partial charge < -0.3 is 31.5 Å². The van der Waals surface area contributed by atoms with Gasteiger partial charge in [0.15, 0.2) is 0 Å². The highest BCUT2D eigenvalue weighted by atomic mass is 32.1. The number of aliphatic carboxylic acids is 2. The van der Waals surface area contributed by atoms with Crippen molar-refractivity contribution in [2.24, 2.45) is 11.7 Å². The molecule has 4 unspecified atom stereocenters. The monoisotopic (exact) mass is 446 g/mol. The molecule has 0 spiro atoms. The molecule has 1 saturated heterocycles. The fraction of sp³-hybridized carbons (Fsp3) is 0.722. The lowest BCUT2D eigenvalue weighted by Crippen LogP contribution is -2.57. The van der Waals surface area contributed by atoms with Crippen LogP contribution >= 0.6 is 12.6 Å². The molecule has 1 rings (SSSR count). The van der Waals surface area contributed by atoms with Gasteiger partial charge in [0.1, 0.15) is 18.1 Å². The summed E-state index contributed by atoms with van der Waals surface area (Å²) in [5.74, 6) is -4.52. The maximum absolute atomic E-state index is 12.8. The predicted octanol–water partition coefficient (Wildman–Crippen LogP) is -1.19. The fourth-order valence-corrected chi connectivity index (χ4v) is 3.37. The summed E-state index contributed by atoms with van der Waals surface area (Å²) >= 11 is 4.00. The Morgan fingerprint density at radius 3 is 2.27 bits per heavy atom. The van der Waals surface area contributed by atoms with E-state index in [1.54, 1.807) is 0 Å². The lowest BCUT2D eigenvalue weighted by Gasteiger charge is -2.28. The Balaban J connectivity index is 2.91. The number of hydrogen-bond donors (Lipinski definition) is 6. The second-order valence-corrected chi connectivity index (χ2v) is 8.03. The summed E-state index contributed by atoms with van der Waals surface area (Å²) in [6, 6.07) is -4.34. The second kappa shape index (κ2) is 11.7. The first-order valence-corrected chi connectivity index (χ1v) is 10.3. The minimum atomic E-state index is -1.63. The van der Waals surface area contributed by atoms with Crippen LogP contribution in [-0.4, -0.2) is 81.2 Å². The third-order valence-electron chi connectivity index (χ3n) is 4.69. The van der Waals surface area contributed by atoms with Crippen molar-refractivity contribution < 1.29 is 34.2 Å². The number of likely N-dealkylation sites (tertiary alicyclic amines) is 1. The zero-order valence-corrected chi connectivity index (χ0v) is 17.9. The molecule has 1 aliphatic rings. The van der Waals surface area contributed by atoms with Crippen LogP contribution in [0, 0.1) is 5.92 Å². The Bertz CT molecular complexity index is 673. The number of nitrogens with two attached hydrogens (primary N) is 1. The van der Waals surface area contributed by atoms with Crippen molar-refractivity contribution >= 4 is 42.3 Å². The molecule has 0 aromatic carbocycles. The molecule has 0 bridgehead atoms. The number of nitrogens with one attached hydrogen (secondary N) is 2. The van der Waals surface area contributed by atoms with Gasteiger partial charge in [0, 0.05) is 12.3 Å². The van der Waals surface area contributed by atoms with Crippen LogP contribution in [0.4, 0.5) is 0 Å². The topological polar surface area (TPSA) is 179 Å². The molecule has 0 aromatic rings. The van der Waals surface area contributed by atoms with E-state index < -0.39 is 60.2 Å². The molecule has 0 saturated carbocycles. The molecule has 1 fully saturated rings. The largest absolute Gasteiger partial charge is 0.481 e. The second-order valence-electron chi connectivity index (χ2n) is 7.67. The number of carbonyl (C=O) groups excluding carboxylic acids is 3. The first-order chi connectivity index (χ1) is 14.0. The average molecular weight is 447 g/mol. The minimum absolute atomic E-state index is 0.0253. The molecule has 6 N–H and O–H groups in total. The Morgan fingerprint density at radius 1 is 1.13 bits per heavy atom. The molecule has 0 aromatic heterocycles. The van der Waals surface area contributed by atoms with Crippen molar-refractivity contribution in [3.05, 3.63) is 0 Å². The summed E-state index contributed by atoms with van der Waals surface area (Å²) in [5.41, 5.74) is 5.73. The molecule has 4 atom stereocenters. The van der Waals surface area contributed by atoms with E-state index in [0.29, 0.717) is 19.4 Å². The summed E-state index contributed by atoms with van der Waals surface area (Å²) in [7, 11) is 0. The highest BCUT2D eigenvalue weighted by Gasteiger charge is 2.37. The molecular weight excluding hydrogens is 416 g/mol. The van der Waals surface area contributed by atoms with E-state index >= 15 is 0 Å². The molecule has 0 aliphatic carbocycles. The van der Waals surface area contributed by atoms with E-state index in [9.17, 15) is 24.0 Å².